The number of benzene rings is 2. The fourth-order valence-corrected chi connectivity index (χ4v) is 3.82. The van der Waals surface area contributed by atoms with Gasteiger partial charge in [-0.2, -0.15) is 0 Å². The van der Waals surface area contributed by atoms with Crippen LogP contribution in [0.1, 0.15) is 28.9 Å². The van der Waals surface area contributed by atoms with E-state index in [9.17, 15) is 14.0 Å². The highest BCUT2D eigenvalue weighted by molar-refractivity contribution is 6.14. The molecule has 3 aromatic rings. The van der Waals surface area contributed by atoms with Crippen LogP contribution in [0.2, 0.25) is 0 Å². The molecule has 6 nitrogen and oxygen atoms in total. The number of aromatic nitrogens is 1. The summed E-state index contributed by atoms with van der Waals surface area (Å²) < 4.78 is 20.3. The second kappa shape index (κ2) is 7.58. The van der Waals surface area contributed by atoms with Gasteiger partial charge in [0.1, 0.15) is 17.3 Å². The minimum Gasteiger partial charge on any atom is -0.497 e. The zero-order valence-electron chi connectivity index (χ0n) is 16.4. The molecule has 2 aromatic carbocycles. The highest BCUT2D eigenvalue weighted by atomic mass is 19.1. The molecule has 0 radical (unpaired) electrons. The van der Waals surface area contributed by atoms with Crippen molar-refractivity contribution in [3.05, 3.63) is 59.5 Å². The summed E-state index contributed by atoms with van der Waals surface area (Å²) >= 11 is 0. The topological polar surface area (TPSA) is 63.6 Å². The first-order chi connectivity index (χ1) is 14.0. The molecule has 2 heterocycles. The molecule has 0 unspecified atom stereocenters. The summed E-state index contributed by atoms with van der Waals surface area (Å²) in [5, 5.41) is 3.69. The molecule has 1 fully saturated rings. The number of nitrogens with one attached hydrogen (secondary N) is 1. The zero-order valence-corrected chi connectivity index (χ0v) is 16.4. The number of methoxy groups -OCH3 is 1. The van der Waals surface area contributed by atoms with Gasteiger partial charge in [-0.25, -0.2) is 4.39 Å². The average Bonchev–Trinajstić information content (AvgIpc) is 3.27. The first-order valence-electron chi connectivity index (χ1n) is 9.49. The average molecular weight is 395 g/mol. The van der Waals surface area contributed by atoms with Gasteiger partial charge in [-0.05, 0) is 42.3 Å². The Kier molecular flexibility index (Phi) is 4.96. The third-order valence-electron chi connectivity index (χ3n) is 5.30. The van der Waals surface area contributed by atoms with Crippen LogP contribution < -0.4 is 15.0 Å². The zero-order chi connectivity index (χ0) is 20.5. The Morgan fingerprint density at radius 3 is 2.62 bits per heavy atom. The molecule has 0 bridgehead atoms. The highest BCUT2D eigenvalue weighted by Gasteiger charge is 2.31. The summed E-state index contributed by atoms with van der Waals surface area (Å²) in [6, 6.07) is 11.6. The minimum absolute atomic E-state index is 0.00732. The summed E-state index contributed by atoms with van der Waals surface area (Å²) in [7, 11) is 3.40. The van der Waals surface area contributed by atoms with Gasteiger partial charge in [-0.3, -0.25) is 9.59 Å². The van der Waals surface area contributed by atoms with Crippen LogP contribution >= 0.6 is 0 Å². The Morgan fingerprint density at radius 2 is 1.97 bits per heavy atom. The Bertz CT molecular complexity index is 1090. The van der Waals surface area contributed by atoms with Crippen LogP contribution in [0.25, 0.3) is 10.9 Å². The highest BCUT2D eigenvalue weighted by Crippen LogP contribution is 2.37. The van der Waals surface area contributed by atoms with E-state index in [1.165, 1.54) is 12.1 Å². The van der Waals surface area contributed by atoms with Crippen LogP contribution in [-0.2, 0) is 18.4 Å². The Labute approximate surface area is 167 Å². The van der Waals surface area contributed by atoms with Gasteiger partial charge in [0, 0.05) is 31.9 Å². The predicted octanol–water partition coefficient (Wildman–Crippen LogP) is 3.38. The largest absolute Gasteiger partial charge is 0.497 e. The van der Waals surface area contributed by atoms with Crippen LogP contribution in [-0.4, -0.2) is 30.0 Å². The maximum atomic E-state index is 13.1. The number of rotatable bonds is 5. The molecule has 7 heteroatoms. The van der Waals surface area contributed by atoms with Crippen molar-refractivity contribution in [2.45, 2.75) is 19.4 Å². The van der Waals surface area contributed by atoms with Crippen molar-refractivity contribution in [1.29, 1.82) is 0 Å². The molecule has 29 heavy (non-hydrogen) atoms. The van der Waals surface area contributed by atoms with E-state index in [2.05, 4.69) is 5.32 Å². The second-order valence-corrected chi connectivity index (χ2v) is 7.10. The maximum absolute atomic E-state index is 13.1. The molecule has 1 aliphatic rings. The molecule has 1 saturated heterocycles. The van der Waals surface area contributed by atoms with Crippen LogP contribution in [0.3, 0.4) is 0 Å². The summed E-state index contributed by atoms with van der Waals surface area (Å²) in [6.07, 6.45) is 1.23. The van der Waals surface area contributed by atoms with Crippen molar-refractivity contribution in [2.75, 3.05) is 18.6 Å². The van der Waals surface area contributed by atoms with Gasteiger partial charge in [0.25, 0.3) is 5.91 Å². The molecule has 1 aliphatic heterocycles. The van der Waals surface area contributed by atoms with Crippen molar-refractivity contribution in [1.82, 2.24) is 9.88 Å². The van der Waals surface area contributed by atoms with E-state index in [1.807, 2.05) is 25.2 Å². The van der Waals surface area contributed by atoms with Gasteiger partial charge in [0.15, 0.2) is 0 Å². The van der Waals surface area contributed by atoms with Gasteiger partial charge in [0.2, 0.25) is 5.91 Å². The number of amides is 2. The van der Waals surface area contributed by atoms with E-state index in [1.54, 1.807) is 28.7 Å². The number of carbonyl (C=O) groups excluding carboxylic acids is 2. The van der Waals surface area contributed by atoms with E-state index >= 15 is 0 Å². The Balaban J connectivity index is 1.75. The number of nitrogens with zero attached hydrogens (tertiary/aromatic N) is 2. The quantitative estimate of drug-likeness (QED) is 0.720. The summed E-state index contributed by atoms with van der Waals surface area (Å²) in [6.45, 7) is 0.838. The van der Waals surface area contributed by atoms with E-state index in [4.69, 9.17) is 4.74 Å². The second-order valence-electron chi connectivity index (χ2n) is 7.10. The molecule has 0 spiro atoms. The van der Waals surface area contributed by atoms with Gasteiger partial charge in [-0.15, -0.1) is 0 Å². The summed E-state index contributed by atoms with van der Waals surface area (Å²) in [5.41, 5.74) is 2.66. The number of aryl methyl sites for hydroxylation is 1. The molecule has 0 aliphatic carbocycles. The van der Waals surface area contributed by atoms with Crippen LogP contribution in [0.4, 0.5) is 10.1 Å². The van der Waals surface area contributed by atoms with Gasteiger partial charge in [0.05, 0.1) is 18.3 Å². The number of fused-ring (bicyclic) bond motifs is 1. The molecule has 2 amide bonds. The predicted molar refractivity (Wildman–Crippen MR) is 109 cm³/mol. The molecule has 1 aromatic heterocycles. The van der Waals surface area contributed by atoms with Crippen molar-refractivity contribution in [3.63, 3.8) is 0 Å². The lowest BCUT2D eigenvalue weighted by Crippen LogP contribution is -2.30. The standard InChI is InChI=1S/C22H22FN3O3/c1-25-18-10-9-16(29-2)12-17(18)20(26-11-3-4-19(26)27)21(25)22(28)24-13-14-5-7-15(23)8-6-14/h5-10,12H,3-4,11,13H2,1-2H3,(H,24,28). The Morgan fingerprint density at radius 1 is 1.21 bits per heavy atom. The molecular weight excluding hydrogens is 373 g/mol. The van der Waals surface area contributed by atoms with Gasteiger partial charge >= 0.3 is 0 Å². The molecule has 1 N–H and O–H groups in total. The van der Waals surface area contributed by atoms with Crippen LogP contribution in [0, 0.1) is 5.82 Å². The molecule has 0 saturated carbocycles. The Hall–Kier alpha value is -3.35. The first-order valence-corrected chi connectivity index (χ1v) is 9.49. The van der Waals surface area contributed by atoms with Gasteiger partial charge in [-0.1, -0.05) is 12.1 Å². The SMILES string of the molecule is COc1ccc2c(c1)c(N1CCCC1=O)c(C(=O)NCc1ccc(F)cc1)n2C. The molecule has 150 valence electrons. The smallest absolute Gasteiger partial charge is 0.270 e. The van der Waals surface area contributed by atoms with E-state index in [-0.39, 0.29) is 24.2 Å². The molecular formula is C22H22FN3O3. The first kappa shape index (κ1) is 19.0. The van der Waals surface area contributed by atoms with Crippen LogP contribution in [0.5, 0.6) is 5.75 Å². The van der Waals surface area contributed by atoms with E-state index in [0.717, 1.165) is 22.9 Å². The summed E-state index contributed by atoms with van der Waals surface area (Å²) in [5.74, 6) is 0.0569. The van der Waals surface area contributed by atoms with Crippen molar-refractivity contribution in [2.24, 2.45) is 7.05 Å². The van der Waals surface area contributed by atoms with Crippen molar-refractivity contribution >= 4 is 28.4 Å². The lowest BCUT2D eigenvalue weighted by molar-refractivity contribution is -0.117. The number of carbonyl (C=O) groups is 2. The van der Waals surface area contributed by atoms with Crippen LogP contribution in [0.15, 0.2) is 42.5 Å². The maximum Gasteiger partial charge on any atom is 0.270 e. The lowest BCUT2D eigenvalue weighted by atomic mass is 10.1. The third-order valence-corrected chi connectivity index (χ3v) is 5.30. The normalized spacial score (nSPS) is 13.9. The molecule has 0 atom stereocenters. The fourth-order valence-electron chi connectivity index (χ4n) is 3.82. The van der Waals surface area contributed by atoms with Crippen molar-refractivity contribution < 1.29 is 18.7 Å². The van der Waals surface area contributed by atoms with E-state index < -0.39 is 0 Å². The number of anilines is 1. The number of hydrogen-bond acceptors (Lipinski definition) is 3. The molecule has 4 rings (SSSR count). The monoisotopic (exact) mass is 395 g/mol. The number of halogens is 1. The number of ether oxygens (including phenoxy) is 1. The van der Waals surface area contributed by atoms with E-state index in [0.29, 0.717) is 30.1 Å². The minimum atomic E-state index is -0.322. The lowest BCUT2D eigenvalue weighted by Gasteiger charge is -2.18. The fraction of sp³-hybridized carbons (Fsp3) is 0.273. The third kappa shape index (κ3) is 3.44. The van der Waals surface area contributed by atoms with Crippen molar-refractivity contribution in [3.8, 4) is 5.75 Å². The van der Waals surface area contributed by atoms with Gasteiger partial charge < -0.3 is 19.5 Å². The number of hydrogen-bond donors (Lipinski definition) is 1. The summed E-state index contributed by atoms with van der Waals surface area (Å²) in [4.78, 5) is 27.3.